The second kappa shape index (κ2) is 4.45. The highest BCUT2D eigenvalue weighted by Gasteiger charge is 2.53. The summed E-state index contributed by atoms with van der Waals surface area (Å²) >= 11 is 0. The van der Waals surface area contributed by atoms with Gasteiger partial charge < -0.3 is 5.73 Å². The zero-order chi connectivity index (χ0) is 10.9. The van der Waals surface area contributed by atoms with Crippen molar-refractivity contribution in [1.29, 1.82) is 0 Å². The van der Waals surface area contributed by atoms with Crippen LogP contribution in [0.4, 0.5) is 0 Å². The minimum Gasteiger partial charge on any atom is -0.330 e. The van der Waals surface area contributed by atoms with Gasteiger partial charge in [0.25, 0.3) is 0 Å². The molecule has 1 heteroatoms. The van der Waals surface area contributed by atoms with Crippen molar-refractivity contribution in [3.8, 4) is 0 Å². The third kappa shape index (κ3) is 2.08. The molecule has 15 heavy (non-hydrogen) atoms. The third-order valence-corrected chi connectivity index (χ3v) is 5.17. The monoisotopic (exact) mass is 209 g/mol. The molecule has 0 aromatic heterocycles. The van der Waals surface area contributed by atoms with Gasteiger partial charge in [0.05, 0.1) is 0 Å². The van der Waals surface area contributed by atoms with E-state index in [0.717, 1.165) is 29.7 Å². The number of nitrogens with two attached hydrogens (primary N) is 1. The molecule has 0 saturated heterocycles. The molecule has 0 amide bonds. The summed E-state index contributed by atoms with van der Waals surface area (Å²) in [6.07, 6.45) is 10.2. The summed E-state index contributed by atoms with van der Waals surface area (Å²) in [7, 11) is 0. The summed E-state index contributed by atoms with van der Waals surface area (Å²) in [4.78, 5) is 0. The molecule has 2 fully saturated rings. The maximum atomic E-state index is 5.64. The lowest BCUT2D eigenvalue weighted by atomic mass is 9.54. The first-order valence-electron chi connectivity index (χ1n) is 6.93. The topological polar surface area (TPSA) is 26.0 Å². The van der Waals surface area contributed by atoms with Crippen LogP contribution in [-0.2, 0) is 0 Å². The molecule has 0 aliphatic heterocycles. The van der Waals surface area contributed by atoms with E-state index in [1.807, 2.05) is 0 Å². The average molecular weight is 209 g/mol. The van der Waals surface area contributed by atoms with Gasteiger partial charge in [-0.05, 0) is 74.7 Å². The van der Waals surface area contributed by atoms with Crippen LogP contribution >= 0.6 is 0 Å². The van der Waals surface area contributed by atoms with Crippen LogP contribution in [-0.4, -0.2) is 6.54 Å². The van der Waals surface area contributed by atoms with Crippen LogP contribution in [0.5, 0.6) is 0 Å². The zero-order valence-electron chi connectivity index (χ0n) is 10.5. The Kier molecular flexibility index (Phi) is 3.39. The third-order valence-electron chi connectivity index (χ3n) is 5.17. The Morgan fingerprint density at radius 1 is 1.33 bits per heavy atom. The molecule has 2 aliphatic carbocycles. The van der Waals surface area contributed by atoms with Crippen molar-refractivity contribution in [1.82, 2.24) is 0 Å². The summed E-state index contributed by atoms with van der Waals surface area (Å²) < 4.78 is 0. The van der Waals surface area contributed by atoms with Gasteiger partial charge in [-0.2, -0.15) is 0 Å². The molecule has 0 spiro atoms. The van der Waals surface area contributed by atoms with E-state index in [-0.39, 0.29) is 0 Å². The standard InChI is InChI=1S/C14H27N/c1-3-14(12-4-5-12)8-6-13(14)10-11(2)7-9-15/h11-13H,3-10,15H2,1-2H3/t11-,13+,14?/m0/s1. The molecule has 2 saturated carbocycles. The van der Waals surface area contributed by atoms with E-state index in [1.54, 1.807) is 0 Å². The van der Waals surface area contributed by atoms with Crippen molar-refractivity contribution in [2.45, 2.75) is 58.8 Å². The van der Waals surface area contributed by atoms with Crippen LogP contribution in [0.15, 0.2) is 0 Å². The molecule has 0 heterocycles. The van der Waals surface area contributed by atoms with Crippen LogP contribution < -0.4 is 5.73 Å². The summed E-state index contributed by atoms with van der Waals surface area (Å²) in [5.41, 5.74) is 6.42. The van der Waals surface area contributed by atoms with Crippen LogP contribution in [0.25, 0.3) is 0 Å². The summed E-state index contributed by atoms with van der Waals surface area (Å²) in [5.74, 6) is 2.99. The Bertz CT molecular complexity index is 205. The first-order chi connectivity index (χ1) is 7.23. The Morgan fingerprint density at radius 3 is 2.47 bits per heavy atom. The van der Waals surface area contributed by atoms with Crippen LogP contribution in [0.3, 0.4) is 0 Å². The molecule has 2 N–H and O–H groups in total. The Morgan fingerprint density at radius 2 is 2.07 bits per heavy atom. The summed E-state index contributed by atoms with van der Waals surface area (Å²) in [6.45, 7) is 5.67. The molecule has 0 aromatic rings. The van der Waals surface area contributed by atoms with E-state index >= 15 is 0 Å². The van der Waals surface area contributed by atoms with Gasteiger partial charge in [0.15, 0.2) is 0 Å². The van der Waals surface area contributed by atoms with Crippen molar-refractivity contribution < 1.29 is 0 Å². The predicted molar refractivity (Wildman–Crippen MR) is 65.6 cm³/mol. The van der Waals surface area contributed by atoms with Gasteiger partial charge in [-0.1, -0.05) is 13.8 Å². The smallest absolute Gasteiger partial charge is 0.00747 e. The fourth-order valence-corrected chi connectivity index (χ4v) is 3.91. The first-order valence-corrected chi connectivity index (χ1v) is 6.93. The van der Waals surface area contributed by atoms with Crippen molar-refractivity contribution >= 4 is 0 Å². The van der Waals surface area contributed by atoms with E-state index in [1.165, 1.54) is 44.9 Å². The second-order valence-corrected chi connectivity index (χ2v) is 6.01. The molecule has 0 aromatic carbocycles. The normalized spacial score (nSPS) is 37.4. The van der Waals surface area contributed by atoms with Crippen LogP contribution in [0.2, 0.25) is 0 Å². The van der Waals surface area contributed by atoms with E-state index in [2.05, 4.69) is 13.8 Å². The second-order valence-electron chi connectivity index (χ2n) is 6.01. The number of hydrogen-bond donors (Lipinski definition) is 1. The van der Waals surface area contributed by atoms with Gasteiger partial charge in [0.2, 0.25) is 0 Å². The Hall–Kier alpha value is -0.0400. The van der Waals surface area contributed by atoms with E-state index in [0.29, 0.717) is 0 Å². The molecule has 0 radical (unpaired) electrons. The fraction of sp³-hybridized carbons (Fsp3) is 1.00. The largest absolute Gasteiger partial charge is 0.330 e. The maximum Gasteiger partial charge on any atom is -0.00747 e. The minimum atomic E-state index is 0.781. The highest BCUT2D eigenvalue weighted by Crippen LogP contribution is 2.63. The number of rotatable bonds is 6. The average Bonchev–Trinajstić information content (AvgIpc) is 2.99. The van der Waals surface area contributed by atoms with Crippen molar-refractivity contribution in [3.63, 3.8) is 0 Å². The fourth-order valence-electron chi connectivity index (χ4n) is 3.91. The van der Waals surface area contributed by atoms with Gasteiger partial charge >= 0.3 is 0 Å². The van der Waals surface area contributed by atoms with E-state index in [9.17, 15) is 0 Å². The van der Waals surface area contributed by atoms with Crippen LogP contribution in [0, 0.1) is 23.2 Å². The molecular formula is C14H27N. The number of hydrogen-bond acceptors (Lipinski definition) is 1. The van der Waals surface area contributed by atoms with E-state index < -0.39 is 0 Å². The quantitative estimate of drug-likeness (QED) is 0.711. The minimum absolute atomic E-state index is 0.781. The van der Waals surface area contributed by atoms with Gasteiger partial charge in [-0.3, -0.25) is 0 Å². The highest BCUT2D eigenvalue weighted by atomic mass is 14.6. The molecule has 3 atom stereocenters. The van der Waals surface area contributed by atoms with Gasteiger partial charge in [0, 0.05) is 0 Å². The molecule has 1 nitrogen and oxygen atoms in total. The van der Waals surface area contributed by atoms with E-state index in [4.69, 9.17) is 5.73 Å². The summed E-state index contributed by atoms with van der Waals surface area (Å²) in [6, 6.07) is 0. The molecule has 2 rings (SSSR count). The first kappa shape index (κ1) is 11.4. The lowest BCUT2D eigenvalue weighted by molar-refractivity contribution is -0.0143. The predicted octanol–water partition coefficient (Wildman–Crippen LogP) is 3.58. The van der Waals surface area contributed by atoms with Crippen molar-refractivity contribution in [2.24, 2.45) is 28.9 Å². The lowest BCUT2D eigenvalue weighted by Gasteiger charge is -2.51. The molecule has 88 valence electrons. The van der Waals surface area contributed by atoms with Gasteiger partial charge in [-0.25, -0.2) is 0 Å². The Balaban J connectivity index is 1.86. The van der Waals surface area contributed by atoms with Crippen LogP contribution in [0.1, 0.15) is 58.8 Å². The Labute approximate surface area is 94.8 Å². The van der Waals surface area contributed by atoms with Crippen molar-refractivity contribution in [2.75, 3.05) is 6.54 Å². The molecule has 1 unspecified atom stereocenters. The lowest BCUT2D eigenvalue weighted by Crippen LogP contribution is -2.42. The SMILES string of the molecule is CCC1(C2CC2)CC[C@@H]1C[C@@H](C)CCN. The molecular weight excluding hydrogens is 182 g/mol. The highest BCUT2D eigenvalue weighted by molar-refractivity contribution is 5.03. The van der Waals surface area contributed by atoms with Crippen molar-refractivity contribution in [3.05, 3.63) is 0 Å². The molecule has 0 bridgehead atoms. The maximum absolute atomic E-state index is 5.64. The van der Waals surface area contributed by atoms with Gasteiger partial charge in [-0.15, -0.1) is 0 Å². The molecule has 2 aliphatic rings. The zero-order valence-corrected chi connectivity index (χ0v) is 10.5. The van der Waals surface area contributed by atoms with Gasteiger partial charge in [0.1, 0.15) is 0 Å². The summed E-state index contributed by atoms with van der Waals surface area (Å²) in [5, 5.41) is 0.